The van der Waals surface area contributed by atoms with E-state index in [9.17, 15) is 4.79 Å². The zero-order valence-corrected chi connectivity index (χ0v) is 14.9. The van der Waals surface area contributed by atoms with Crippen LogP contribution in [0.3, 0.4) is 0 Å². The van der Waals surface area contributed by atoms with Crippen LogP contribution in [0.5, 0.6) is 0 Å². The molecule has 3 nitrogen and oxygen atoms in total. The zero-order chi connectivity index (χ0) is 16.0. The van der Waals surface area contributed by atoms with Gasteiger partial charge in [-0.1, -0.05) is 27.7 Å². The highest BCUT2D eigenvalue weighted by molar-refractivity contribution is 5.76. The molecule has 3 fully saturated rings. The fourth-order valence-corrected chi connectivity index (χ4v) is 5.84. The summed E-state index contributed by atoms with van der Waals surface area (Å²) in [5.41, 5.74) is 0.682. The van der Waals surface area contributed by atoms with Crippen molar-refractivity contribution in [3.63, 3.8) is 0 Å². The monoisotopic (exact) mass is 306 g/mol. The number of nitrogens with one attached hydrogen (secondary N) is 2. The van der Waals surface area contributed by atoms with E-state index in [1.54, 1.807) is 0 Å². The Morgan fingerprint density at radius 3 is 2.14 bits per heavy atom. The summed E-state index contributed by atoms with van der Waals surface area (Å²) < 4.78 is 0. The van der Waals surface area contributed by atoms with Gasteiger partial charge in [0.05, 0.1) is 0 Å². The van der Waals surface area contributed by atoms with Crippen LogP contribution < -0.4 is 10.6 Å². The number of piperidine rings is 1. The Morgan fingerprint density at radius 1 is 1.05 bits per heavy atom. The molecule has 0 aromatic rings. The molecule has 2 heterocycles. The molecule has 2 saturated heterocycles. The molecule has 1 saturated carbocycles. The number of rotatable bonds is 3. The minimum absolute atomic E-state index is 0.296. The second-order valence-electron chi connectivity index (χ2n) is 9.86. The molecule has 2 atom stereocenters. The van der Waals surface area contributed by atoms with Crippen molar-refractivity contribution < 1.29 is 4.79 Å². The van der Waals surface area contributed by atoms with Gasteiger partial charge in [0.25, 0.3) is 0 Å². The topological polar surface area (TPSA) is 41.1 Å². The number of amides is 1. The second kappa shape index (κ2) is 5.81. The lowest BCUT2D eigenvalue weighted by molar-refractivity contribution is -0.123. The van der Waals surface area contributed by atoms with Crippen molar-refractivity contribution in [1.29, 1.82) is 0 Å². The van der Waals surface area contributed by atoms with Crippen LogP contribution in [-0.4, -0.2) is 24.0 Å². The third-order valence-corrected chi connectivity index (χ3v) is 5.96. The Hall–Kier alpha value is -0.570. The van der Waals surface area contributed by atoms with Gasteiger partial charge in [-0.2, -0.15) is 0 Å². The molecule has 0 aromatic heterocycles. The second-order valence-corrected chi connectivity index (χ2v) is 9.86. The zero-order valence-electron chi connectivity index (χ0n) is 14.9. The number of fused-ring (bicyclic) bond motifs is 2. The summed E-state index contributed by atoms with van der Waals surface area (Å²) in [6.07, 6.45) is 9.27. The van der Waals surface area contributed by atoms with Gasteiger partial charge in [-0.15, -0.1) is 0 Å². The standard InChI is InChI=1S/C19H34N2O/c1-18(2)10-16(11-19(3,4)12-18)21-17(22)9-13-7-14-5-6-15(8-13)20-14/h13-16,20H,5-12H2,1-4H3,(H,21,22). The van der Waals surface area contributed by atoms with Crippen molar-refractivity contribution in [3.05, 3.63) is 0 Å². The molecule has 2 N–H and O–H groups in total. The third-order valence-electron chi connectivity index (χ3n) is 5.96. The van der Waals surface area contributed by atoms with Gasteiger partial charge in [-0.05, 0) is 61.7 Å². The van der Waals surface area contributed by atoms with E-state index in [1.807, 2.05) is 0 Å². The van der Waals surface area contributed by atoms with Crippen molar-refractivity contribution in [1.82, 2.24) is 10.6 Å². The van der Waals surface area contributed by atoms with E-state index in [0.29, 0.717) is 40.8 Å². The number of carbonyl (C=O) groups excluding carboxylic acids is 1. The average molecular weight is 306 g/mol. The van der Waals surface area contributed by atoms with Gasteiger partial charge in [0, 0.05) is 24.5 Å². The van der Waals surface area contributed by atoms with Crippen LogP contribution in [0.25, 0.3) is 0 Å². The Kier molecular flexibility index (Phi) is 4.30. The molecule has 1 amide bonds. The van der Waals surface area contributed by atoms with E-state index >= 15 is 0 Å². The van der Waals surface area contributed by atoms with Crippen molar-refractivity contribution in [2.24, 2.45) is 16.7 Å². The predicted octanol–water partition coefficient (Wildman–Crippen LogP) is 3.63. The van der Waals surface area contributed by atoms with Crippen LogP contribution in [0, 0.1) is 16.7 Å². The maximum Gasteiger partial charge on any atom is 0.220 e. The Bertz CT molecular complexity index is 401. The molecule has 0 radical (unpaired) electrons. The highest BCUT2D eigenvalue weighted by Crippen LogP contribution is 2.45. The van der Waals surface area contributed by atoms with Crippen molar-refractivity contribution >= 4 is 5.91 Å². The lowest BCUT2D eigenvalue weighted by atomic mass is 9.63. The summed E-state index contributed by atoms with van der Waals surface area (Å²) in [6.45, 7) is 9.38. The molecule has 1 aliphatic carbocycles. The summed E-state index contributed by atoms with van der Waals surface area (Å²) in [5, 5.41) is 7.03. The van der Waals surface area contributed by atoms with Crippen molar-refractivity contribution in [3.8, 4) is 0 Å². The fourth-order valence-electron chi connectivity index (χ4n) is 5.84. The maximum atomic E-state index is 12.5. The highest BCUT2D eigenvalue weighted by Gasteiger charge is 2.39. The van der Waals surface area contributed by atoms with Crippen LogP contribution in [0.15, 0.2) is 0 Å². The summed E-state index contributed by atoms with van der Waals surface area (Å²) in [6, 6.07) is 1.73. The molecule has 2 aliphatic heterocycles. The molecular formula is C19H34N2O. The third kappa shape index (κ3) is 4.04. The van der Waals surface area contributed by atoms with Crippen LogP contribution in [0.1, 0.15) is 79.1 Å². The van der Waals surface area contributed by atoms with Gasteiger partial charge in [0.2, 0.25) is 5.91 Å². The van der Waals surface area contributed by atoms with Crippen LogP contribution >= 0.6 is 0 Å². The first-order valence-corrected chi connectivity index (χ1v) is 9.26. The van der Waals surface area contributed by atoms with E-state index in [-0.39, 0.29) is 0 Å². The number of hydrogen-bond acceptors (Lipinski definition) is 2. The van der Waals surface area contributed by atoms with E-state index in [0.717, 1.165) is 19.3 Å². The number of carbonyl (C=O) groups is 1. The smallest absolute Gasteiger partial charge is 0.220 e. The molecule has 3 aliphatic rings. The molecule has 3 heteroatoms. The molecule has 126 valence electrons. The summed E-state index contributed by atoms with van der Waals surface area (Å²) >= 11 is 0. The van der Waals surface area contributed by atoms with Gasteiger partial charge in [0.15, 0.2) is 0 Å². The van der Waals surface area contributed by atoms with E-state index in [2.05, 4.69) is 38.3 Å². The predicted molar refractivity (Wildman–Crippen MR) is 90.6 cm³/mol. The summed E-state index contributed by atoms with van der Waals surface area (Å²) in [5.74, 6) is 0.896. The van der Waals surface area contributed by atoms with Gasteiger partial charge in [-0.3, -0.25) is 4.79 Å². The molecule has 0 spiro atoms. The first-order chi connectivity index (χ1) is 10.2. The number of hydrogen-bond donors (Lipinski definition) is 2. The lowest BCUT2D eigenvalue weighted by Gasteiger charge is -2.45. The summed E-state index contributed by atoms with van der Waals surface area (Å²) in [4.78, 5) is 12.5. The highest BCUT2D eigenvalue weighted by atomic mass is 16.1. The Morgan fingerprint density at radius 2 is 1.59 bits per heavy atom. The van der Waals surface area contributed by atoms with E-state index in [4.69, 9.17) is 0 Å². The molecule has 2 unspecified atom stereocenters. The van der Waals surface area contributed by atoms with E-state index < -0.39 is 0 Å². The lowest BCUT2D eigenvalue weighted by Crippen LogP contribution is -2.47. The fraction of sp³-hybridized carbons (Fsp3) is 0.947. The minimum atomic E-state index is 0.296. The van der Waals surface area contributed by atoms with Gasteiger partial charge in [0.1, 0.15) is 0 Å². The Labute approximate surface area is 136 Å². The van der Waals surface area contributed by atoms with Gasteiger partial charge < -0.3 is 10.6 Å². The van der Waals surface area contributed by atoms with Crippen molar-refractivity contribution in [2.75, 3.05) is 0 Å². The van der Waals surface area contributed by atoms with Crippen LogP contribution in [0.2, 0.25) is 0 Å². The largest absolute Gasteiger partial charge is 0.353 e. The van der Waals surface area contributed by atoms with Crippen molar-refractivity contribution in [2.45, 2.75) is 97.2 Å². The SMILES string of the molecule is CC1(C)CC(NC(=O)CC2CC3CCC(C2)N3)CC(C)(C)C1. The quantitative estimate of drug-likeness (QED) is 0.836. The molecule has 22 heavy (non-hydrogen) atoms. The molecular weight excluding hydrogens is 272 g/mol. The summed E-state index contributed by atoms with van der Waals surface area (Å²) in [7, 11) is 0. The Balaban J connectivity index is 1.51. The molecule has 3 rings (SSSR count). The van der Waals surface area contributed by atoms with Gasteiger partial charge >= 0.3 is 0 Å². The molecule has 2 bridgehead atoms. The van der Waals surface area contributed by atoms with Crippen LogP contribution in [-0.2, 0) is 4.79 Å². The molecule has 0 aromatic carbocycles. The first kappa shape index (κ1) is 16.3. The normalized spacial score (nSPS) is 37.0. The first-order valence-electron chi connectivity index (χ1n) is 9.26. The van der Waals surface area contributed by atoms with Crippen LogP contribution in [0.4, 0.5) is 0 Å². The van der Waals surface area contributed by atoms with E-state index in [1.165, 1.54) is 32.1 Å². The average Bonchev–Trinajstić information content (AvgIpc) is 2.64. The van der Waals surface area contributed by atoms with Gasteiger partial charge in [-0.25, -0.2) is 0 Å². The maximum absolute atomic E-state index is 12.5. The minimum Gasteiger partial charge on any atom is -0.353 e.